The molecule has 0 radical (unpaired) electrons. The molecule has 0 heterocycles. The highest BCUT2D eigenvalue weighted by molar-refractivity contribution is 5.74. The van der Waals surface area contributed by atoms with E-state index in [1.54, 1.807) is 0 Å². The lowest BCUT2D eigenvalue weighted by molar-refractivity contribution is -0.296. The van der Waals surface area contributed by atoms with Gasteiger partial charge in [0.15, 0.2) is 0 Å². The zero-order chi connectivity index (χ0) is 22.8. The summed E-state index contributed by atoms with van der Waals surface area (Å²) in [5.41, 5.74) is 0. The molecule has 3 atom stereocenters. The summed E-state index contributed by atoms with van der Waals surface area (Å²) in [5, 5.41) is 28.6. The van der Waals surface area contributed by atoms with Gasteiger partial charge in [-0.1, -0.05) is 65.2 Å². The van der Waals surface area contributed by atoms with Crippen LogP contribution in [0.15, 0.2) is 0 Å². The van der Waals surface area contributed by atoms with Crippen molar-refractivity contribution in [3.05, 3.63) is 0 Å². The summed E-state index contributed by atoms with van der Waals surface area (Å²) in [6.07, 6.45) is 3.34. The lowest BCUT2D eigenvalue weighted by Gasteiger charge is -2.23. The van der Waals surface area contributed by atoms with E-state index >= 15 is 0 Å². The maximum atomic E-state index is 12.1. The Balaban J connectivity index is 4.33. The van der Waals surface area contributed by atoms with Crippen LogP contribution < -0.4 is 0 Å². The van der Waals surface area contributed by atoms with Crippen LogP contribution in [-0.4, -0.2) is 52.2 Å². The van der Waals surface area contributed by atoms with Crippen LogP contribution in [0.5, 0.6) is 0 Å². The first-order chi connectivity index (χ1) is 14.4. The SMILES string of the molecule is CCCCCCCC(=O)OOC(=O)OOC(=O)C(CCCCCC)C(O)C(O)CO. The predicted molar refractivity (Wildman–Crippen MR) is 104 cm³/mol. The zero-order valence-corrected chi connectivity index (χ0v) is 17.9. The van der Waals surface area contributed by atoms with Crippen molar-refractivity contribution in [1.82, 2.24) is 0 Å². The predicted octanol–water partition coefficient (Wildman–Crippen LogP) is 2.72. The molecule has 0 aromatic rings. The Hall–Kier alpha value is -1.91. The highest BCUT2D eigenvalue weighted by Crippen LogP contribution is 2.19. The molecule has 0 spiro atoms. The fourth-order valence-corrected chi connectivity index (χ4v) is 2.74. The Kier molecular flexibility index (Phi) is 16.8. The molecule has 10 heteroatoms. The minimum Gasteiger partial charge on any atom is -0.394 e. The molecule has 0 rings (SSSR count). The van der Waals surface area contributed by atoms with Crippen molar-refractivity contribution in [1.29, 1.82) is 0 Å². The highest BCUT2D eigenvalue weighted by Gasteiger charge is 2.34. The molecule has 0 aliphatic heterocycles. The van der Waals surface area contributed by atoms with Crippen molar-refractivity contribution in [3.63, 3.8) is 0 Å². The molecule has 0 aliphatic carbocycles. The van der Waals surface area contributed by atoms with Gasteiger partial charge in [0.1, 0.15) is 6.10 Å². The van der Waals surface area contributed by atoms with Crippen molar-refractivity contribution >= 4 is 18.1 Å². The molecule has 0 saturated heterocycles. The number of hydrogen-bond donors (Lipinski definition) is 3. The van der Waals surface area contributed by atoms with E-state index in [0.29, 0.717) is 12.8 Å². The van der Waals surface area contributed by atoms with Gasteiger partial charge in [-0.3, -0.25) is 0 Å². The van der Waals surface area contributed by atoms with Gasteiger partial charge in [0, 0.05) is 0 Å². The van der Waals surface area contributed by atoms with Crippen LogP contribution in [0.25, 0.3) is 0 Å². The van der Waals surface area contributed by atoms with Crippen LogP contribution >= 0.6 is 0 Å². The maximum absolute atomic E-state index is 12.1. The molecule has 30 heavy (non-hydrogen) atoms. The van der Waals surface area contributed by atoms with Crippen molar-refractivity contribution in [3.8, 4) is 0 Å². The third-order valence-electron chi connectivity index (χ3n) is 4.54. The van der Waals surface area contributed by atoms with Crippen molar-refractivity contribution < 1.29 is 49.3 Å². The molecule has 3 N–H and O–H groups in total. The van der Waals surface area contributed by atoms with Crippen LogP contribution in [0.1, 0.15) is 84.5 Å². The molecule has 0 aromatic carbocycles. The van der Waals surface area contributed by atoms with E-state index in [-0.39, 0.29) is 12.8 Å². The Bertz CT molecular complexity index is 482. The molecule has 0 saturated carbocycles. The Labute approximate surface area is 177 Å². The molecule has 3 unspecified atom stereocenters. The van der Waals surface area contributed by atoms with Gasteiger partial charge in [0.05, 0.1) is 25.0 Å². The second-order valence-electron chi connectivity index (χ2n) is 7.13. The second-order valence-corrected chi connectivity index (χ2v) is 7.13. The second kappa shape index (κ2) is 17.9. The van der Waals surface area contributed by atoms with E-state index in [9.17, 15) is 24.6 Å². The number of aliphatic hydroxyl groups excluding tert-OH is 3. The third-order valence-corrected chi connectivity index (χ3v) is 4.54. The fourth-order valence-electron chi connectivity index (χ4n) is 2.74. The normalized spacial score (nSPS) is 13.8. The van der Waals surface area contributed by atoms with Gasteiger partial charge in [-0.05, 0) is 12.8 Å². The largest absolute Gasteiger partial charge is 0.591 e. The Morgan fingerprint density at radius 1 is 0.767 bits per heavy atom. The number of hydrogen-bond acceptors (Lipinski definition) is 10. The van der Waals surface area contributed by atoms with E-state index < -0.39 is 42.8 Å². The summed E-state index contributed by atoms with van der Waals surface area (Å²) in [5.74, 6) is -3.10. The number of rotatable bonds is 15. The average Bonchev–Trinajstić information content (AvgIpc) is 2.74. The van der Waals surface area contributed by atoms with Gasteiger partial charge in [0.2, 0.25) is 0 Å². The van der Waals surface area contributed by atoms with Gasteiger partial charge < -0.3 is 15.3 Å². The zero-order valence-electron chi connectivity index (χ0n) is 17.9. The summed E-state index contributed by atoms with van der Waals surface area (Å²) in [6, 6.07) is 0. The first-order valence-electron chi connectivity index (χ1n) is 10.6. The van der Waals surface area contributed by atoms with E-state index in [1.165, 1.54) is 0 Å². The number of aliphatic hydroxyl groups is 3. The van der Waals surface area contributed by atoms with Gasteiger partial charge in [-0.15, -0.1) is 0 Å². The molecular formula is C20H36O10. The molecular weight excluding hydrogens is 400 g/mol. The lowest BCUT2D eigenvalue weighted by atomic mass is 9.92. The first-order valence-corrected chi connectivity index (χ1v) is 10.6. The quantitative estimate of drug-likeness (QED) is 0.199. The molecule has 176 valence electrons. The Morgan fingerprint density at radius 3 is 1.93 bits per heavy atom. The summed E-state index contributed by atoms with van der Waals surface area (Å²) < 4.78 is 0. The van der Waals surface area contributed by atoms with Gasteiger partial charge in [-0.25, -0.2) is 29.1 Å². The minimum atomic E-state index is -1.60. The Morgan fingerprint density at radius 2 is 1.33 bits per heavy atom. The minimum absolute atomic E-state index is 0.0713. The third kappa shape index (κ3) is 13.3. The summed E-state index contributed by atoms with van der Waals surface area (Å²) in [4.78, 5) is 51.8. The van der Waals surface area contributed by atoms with E-state index in [2.05, 4.69) is 26.5 Å². The van der Waals surface area contributed by atoms with E-state index in [4.69, 9.17) is 5.11 Å². The first kappa shape index (κ1) is 28.1. The highest BCUT2D eigenvalue weighted by atomic mass is 17.3. The van der Waals surface area contributed by atoms with Crippen LogP contribution in [0.2, 0.25) is 0 Å². The number of unbranched alkanes of at least 4 members (excludes halogenated alkanes) is 7. The molecule has 0 aromatic heterocycles. The van der Waals surface area contributed by atoms with Crippen LogP contribution in [-0.2, 0) is 29.1 Å². The van der Waals surface area contributed by atoms with Gasteiger partial charge >= 0.3 is 18.1 Å². The van der Waals surface area contributed by atoms with E-state index in [0.717, 1.165) is 44.9 Å². The van der Waals surface area contributed by atoms with Gasteiger partial charge in [-0.2, -0.15) is 4.79 Å². The van der Waals surface area contributed by atoms with Crippen LogP contribution in [0.3, 0.4) is 0 Å². The molecule has 0 amide bonds. The van der Waals surface area contributed by atoms with Crippen molar-refractivity contribution in [2.24, 2.45) is 5.92 Å². The monoisotopic (exact) mass is 436 g/mol. The maximum Gasteiger partial charge on any atom is 0.591 e. The topological polar surface area (TPSA) is 149 Å². The number of carbonyl (C=O) groups excluding carboxylic acids is 3. The van der Waals surface area contributed by atoms with Crippen molar-refractivity contribution in [2.75, 3.05) is 6.61 Å². The molecule has 10 nitrogen and oxygen atoms in total. The van der Waals surface area contributed by atoms with E-state index in [1.807, 2.05) is 6.92 Å². The van der Waals surface area contributed by atoms with Gasteiger partial charge in [0.25, 0.3) is 0 Å². The fraction of sp³-hybridized carbons (Fsp3) is 0.850. The molecule has 0 fully saturated rings. The van der Waals surface area contributed by atoms with Crippen LogP contribution in [0, 0.1) is 5.92 Å². The summed E-state index contributed by atoms with van der Waals surface area (Å²) >= 11 is 0. The average molecular weight is 436 g/mol. The standard InChI is InChI=1S/C20H36O10/c1-3-5-7-9-11-13-17(23)27-29-20(26)30-28-19(25)15(12-10-8-6-4-2)18(24)16(22)14-21/h15-16,18,21-22,24H,3-14H2,1-2H3. The smallest absolute Gasteiger partial charge is 0.394 e. The molecule has 0 bridgehead atoms. The molecule has 0 aliphatic rings. The van der Waals surface area contributed by atoms with Crippen molar-refractivity contribution in [2.45, 2.75) is 96.7 Å². The van der Waals surface area contributed by atoms with Crippen LogP contribution in [0.4, 0.5) is 4.79 Å². The lowest BCUT2D eigenvalue weighted by Crippen LogP contribution is -2.40. The summed E-state index contributed by atoms with van der Waals surface area (Å²) in [7, 11) is 0. The number of carbonyl (C=O) groups is 3. The summed E-state index contributed by atoms with van der Waals surface area (Å²) in [6.45, 7) is 3.33.